The summed E-state index contributed by atoms with van der Waals surface area (Å²) in [5.41, 5.74) is 0. The molecule has 0 aromatic heterocycles. The van der Waals surface area contributed by atoms with Crippen molar-refractivity contribution in [3.8, 4) is 0 Å². The van der Waals surface area contributed by atoms with Crippen molar-refractivity contribution < 1.29 is 23.8 Å². The van der Waals surface area contributed by atoms with Gasteiger partial charge in [-0.1, -0.05) is 19.8 Å². The van der Waals surface area contributed by atoms with Gasteiger partial charge in [-0.25, -0.2) is 9.59 Å². The number of unbranched alkanes of at least 4 members (excludes halogenated alkanes) is 2. The van der Waals surface area contributed by atoms with Crippen LogP contribution in [-0.4, -0.2) is 38.4 Å². The van der Waals surface area contributed by atoms with E-state index in [4.69, 9.17) is 14.2 Å². The highest BCUT2D eigenvalue weighted by atomic mass is 16.6. The fraction of sp³-hybridized carbons (Fsp3) is 0.692. The minimum absolute atomic E-state index is 0.183. The third kappa shape index (κ3) is 11.1. The number of hydrogen-bond donors (Lipinski definition) is 0. The second kappa shape index (κ2) is 12.1. The maximum absolute atomic E-state index is 11.1. The van der Waals surface area contributed by atoms with Gasteiger partial charge in [0.2, 0.25) is 0 Å². The number of hydrogen-bond acceptors (Lipinski definition) is 5. The molecule has 5 heteroatoms. The van der Waals surface area contributed by atoms with Gasteiger partial charge in [0.05, 0.1) is 13.2 Å². The molecule has 5 nitrogen and oxygen atoms in total. The summed E-state index contributed by atoms with van der Waals surface area (Å²) in [6.45, 7) is 5.43. The molecular weight excluding hydrogens is 236 g/mol. The van der Waals surface area contributed by atoms with E-state index in [0.717, 1.165) is 31.4 Å². The lowest BCUT2D eigenvalue weighted by atomic mass is 10.3. The van der Waals surface area contributed by atoms with Crippen LogP contribution in [-0.2, 0) is 23.8 Å². The topological polar surface area (TPSA) is 61.8 Å². The maximum Gasteiger partial charge on any atom is 0.331 e. The summed E-state index contributed by atoms with van der Waals surface area (Å²) in [5, 5.41) is 0. The van der Waals surface area contributed by atoms with Crippen molar-refractivity contribution in [2.75, 3.05) is 26.4 Å². The van der Waals surface area contributed by atoms with Crippen molar-refractivity contribution >= 4 is 11.9 Å². The Bertz CT molecular complexity index is 234. The van der Waals surface area contributed by atoms with Crippen molar-refractivity contribution in [3.05, 3.63) is 12.2 Å². The monoisotopic (exact) mass is 258 g/mol. The zero-order chi connectivity index (χ0) is 13.6. The van der Waals surface area contributed by atoms with Crippen LogP contribution in [0.4, 0.5) is 0 Å². The molecule has 0 radical (unpaired) electrons. The van der Waals surface area contributed by atoms with Crippen LogP contribution in [0.15, 0.2) is 12.2 Å². The van der Waals surface area contributed by atoms with Gasteiger partial charge in [-0.15, -0.1) is 0 Å². The Morgan fingerprint density at radius 3 is 2.06 bits per heavy atom. The van der Waals surface area contributed by atoms with Gasteiger partial charge in [0.25, 0.3) is 0 Å². The van der Waals surface area contributed by atoms with Crippen LogP contribution < -0.4 is 0 Å². The number of ether oxygens (including phenoxy) is 3. The van der Waals surface area contributed by atoms with E-state index in [1.165, 1.54) is 0 Å². The third-order valence-corrected chi connectivity index (χ3v) is 2.02. The minimum Gasteiger partial charge on any atom is -0.463 e. The molecule has 0 aliphatic heterocycles. The van der Waals surface area contributed by atoms with E-state index >= 15 is 0 Å². The Morgan fingerprint density at radius 2 is 1.50 bits per heavy atom. The Hall–Kier alpha value is -1.36. The quantitative estimate of drug-likeness (QED) is 0.340. The highest BCUT2D eigenvalue weighted by molar-refractivity contribution is 5.91. The normalized spacial score (nSPS) is 10.6. The first-order valence-electron chi connectivity index (χ1n) is 6.30. The van der Waals surface area contributed by atoms with Crippen LogP contribution >= 0.6 is 0 Å². The molecule has 0 amide bonds. The maximum atomic E-state index is 11.1. The standard InChI is InChI=1S/C13H22O5/c1-3-5-6-9-17-12(14)7-8-13(15)18-11-10-16-4-2/h7-8H,3-6,9-11H2,1-2H3/b8-7+. The SMILES string of the molecule is CCCCCOC(=O)/C=C/C(=O)OCCOCC. The molecule has 0 unspecified atom stereocenters. The van der Waals surface area contributed by atoms with E-state index in [9.17, 15) is 9.59 Å². The second-order valence-electron chi connectivity index (χ2n) is 3.57. The molecule has 0 aromatic carbocycles. The molecule has 0 atom stereocenters. The van der Waals surface area contributed by atoms with Crippen molar-refractivity contribution in [1.82, 2.24) is 0 Å². The Labute approximate surface area is 108 Å². The smallest absolute Gasteiger partial charge is 0.331 e. The van der Waals surface area contributed by atoms with Crippen LogP contribution in [0.3, 0.4) is 0 Å². The number of rotatable bonds is 10. The third-order valence-electron chi connectivity index (χ3n) is 2.02. The molecule has 18 heavy (non-hydrogen) atoms. The predicted molar refractivity (Wildman–Crippen MR) is 67.1 cm³/mol. The molecular formula is C13H22O5. The molecule has 0 aliphatic carbocycles. The van der Waals surface area contributed by atoms with Gasteiger partial charge >= 0.3 is 11.9 Å². The summed E-state index contributed by atoms with van der Waals surface area (Å²) in [7, 11) is 0. The summed E-state index contributed by atoms with van der Waals surface area (Å²) < 4.78 is 14.7. The van der Waals surface area contributed by atoms with Crippen molar-refractivity contribution in [1.29, 1.82) is 0 Å². The van der Waals surface area contributed by atoms with E-state index < -0.39 is 11.9 Å². The molecule has 0 heterocycles. The fourth-order valence-corrected chi connectivity index (χ4v) is 1.10. The van der Waals surface area contributed by atoms with Gasteiger partial charge in [0.15, 0.2) is 0 Å². The predicted octanol–water partition coefficient (Wildman–Crippen LogP) is 1.86. The van der Waals surface area contributed by atoms with Crippen LogP contribution in [0.2, 0.25) is 0 Å². The first-order valence-corrected chi connectivity index (χ1v) is 6.30. The molecule has 0 bridgehead atoms. The lowest BCUT2D eigenvalue weighted by molar-refractivity contribution is -0.141. The largest absolute Gasteiger partial charge is 0.463 e. The van der Waals surface area contributed by atoms with Crippen LogP contribution in [0.5, 0.6) is 0 Å². The van der Waals surface area contributed by atoms with Crippen LogP contribution in [0.1, 0.15) is 33.1 Å². The number of carbonyl (C=O) groups excluding carboxylic acids is 2. The molecule has 0 N–H and O–H groups in total. The van der Waals surface area contributed by atoms with E-state index in [-0.39, 0.29) is 6.61 Å². The molecule has 104 valence electrons. The van der Waals surface area contributed by atoms with Crippen LogP contribution in [0, 0.1) is 0 Å². The number of carbonyl (C=O) groups is 2. The molecule has 0 aromatic rings. The zero-order valence-electron chi connectivity index (χ0n) is 11.1. The van der Waals surface area contributed by atoms with Crippen LogP contribution in [0.25, 0.3) is 0 Å². The van der Waals surface area contributed by atoms with Crippen molar-refractivity contribution in [2.45, 2.75) is 33.1 Å². The van der Waals surface area contributed by atoms with Crippen molar-refractivity contribution in [3.63, 3.8) is 0 Å². The van der Waals surface area contributed by atoms with Gasteiger partial charge in [-0.2, -0.15) is 0 Å². The molecule has 0 spiro atoms. The summed E-state index contributed by atoms with van der Waals surface area (Å²) >= 11 is 0. The molecule has 0 rings (SSSR count). The lowest BCUT2D eigenvalue weighted by Crippen LogP contribution is -2.09. The first-order chi connectivity index (χ1) is 8.70. The Balaban J connectivity index is 3.58. The molecule has 0 fully saturated rings. The summed E-state index contributed by atoms with van der Waals surface area (Å²) in [4.78, 5) is 22.3. The average molecular weight is 258 g/mol. The average Bonchev–Trinajstić information content (AvgIpc) is 2.37. The van der Waals surface area contributed by atoms with Gasteiger partial charge in [0.1, 0.15) is 6.61 Å². The van der Waals surface area contributed by atoms with E-state index in [2.05, 4.69) is 6.92 Å². The van der Waals surface area contributed by atoms with Gasteiger partial charge in [-0.3, -0.25) is 0 Å². The van der Waals surface area contributed by atoms with Crippen molar-refractivity contribution in [2.24, 2.45) is 0 Å². The first kappa shape index (κ1) is 16.6. The highest BCUT2D eigenvalue weighted by Crippen LogP contribution is 1.95. The fourth-order valence-electron chi connectivity index (χ4n) is 1.10. The lowest BCUT2D eigenvalue weighted by Gasteiger charge is -2.02. The van der Waals surface area contributed by atoms with Gasteiger partial charge in [0, 0.05) is 18.8 Å². The summed E-state index contributed by atoms with van der Waals surface area (Å²) in [6, 6.07) is 0. The van der Waals surface area contributed by atoms with Gasteiger partial charge < -0.3 is 14.2 Å². The molecule has 0 saturated carbocycles. The zero-order valence-corrected chi connectivity index (χ0v) is 11.1. The Morgan fingerprint density at radius 1 is 0.889 bits per heavy atom. The summed E-state index contributed by atoms with van der Waals surface area (Å²) in [6.07, 6.45) is 5.08. The van der Waals surface area contributed by atoms with Gasteiger partial charge in [-0.05, 0) is 13.3 Å². The van der Waals surface area contributed by atoms with E-state index in [0.29, 0.717) is 19.8 Å². The molecule has 0 saturated heterocycles. The van der Waals surface area contributed by atoms with E-state index in [1.54, 1.807) is 0 Å². The minimum atomic E-state index is -0.569. The second-order valence-corrected chi connectivity index (χ2v) is 3.57. The number of esters is 2. The van der Waals surface area contributed by atoms with E-state index in [1.807, 2.05) is 6.92 Å². The summed E-state index contributed by atoms with van der Waals surface area (Å²) in [5.74, 6) is -1.09. The molecule has 0 aliphatic rings. The Kier molecular flexibility index (Phi) is 11.2. The highest BCUT2D eigenvalue weighted by Gasteiger charge is 2.00.